The lowest BCUT2D eigenvalue weighted by molar-refractivity contribution is -0.00950. The predicted octanol–water partition coefficient (Wildman–Crippen LogP) is 4.49. The zero-order valence-electron chi connectivity index (χ0n) is 19.5. The van der Waals surface area contributed by atoms with E-state index >= 15 is 0 Å². The third kappa shape index (κ3) is 5.28. The Balaban J connectivity index is 2.50. The number of amides is 1. The van der Waals surface area contributed by atoms with Crippen molar-refractivity contribution in [3.05, 3.63) is 23.8 Å². The van der Waals surface area contributed by atoms with Crippen molar-refractivity contribution in [2.24, 2.45) is 0 Å². The maximum atomic E-state index is 12.3. The largest absolute Gasteiger partial charge is 0.465 e. The van der Waals surface area contributed by atoms with Crippen LogP contribution in [0.5, 0.6) is 11.5 Å². The number of carboxylic acid groups (broad SMARTS) is 1. The SMILES string of the molecule is CC(C)(C)N(C(=O)O)[C@@H](Cc1cccc2c1OCO2)[C@@H](CO)O[Si](C)(C)C(C)(C)C. The summed E-state index contributed by atoms with van der Waals surface area (Å²) in [5, 5.41) is 20.3. The number of hydrogen-bond donors (Lipinski definition) is 2. The highest BCUT2D eigenvalue weighted by Gasteiger charge is 2.44. The Bertz CT molecular complexity index is 753. The van der Waals surface area contributed by atoms with E-state index in [4.69, 9.17) is 13.9 Å². The molecule has 2 N–H and O–H groups in total. The third-order valence-electron chi connectivity index (χ3n) is 6.03. The van der Waals surface area contributed by atoms with Gasteiger partial charge in [-0.05, 0) is 51.4 Å². The number of hydrogen-bond acceptors (Lipinski definition) is 5. The summed E-state index contributed by atoms with van der Waals surface area (Å²) in [7, 11) is -2.26. The molecule has 2 rings (SSSR count). The van der Waals surface area contributed by atoms with E-state index in [-0.39, 0.29) is 18.4 Å². The highest BCUT2D eigenvalue weighted by Crippen LogP contribution is 2.40. The monoisotopic (exact) mass is 439 g/mol. The molecule has 0 aromatic heterocycles. The van der Waals surface area contributed by atoms with Gasteiger partial charge in [0.15, 0.2) is 19.8 Å². The first-order chi connectivity index (χ1) is 13.7. The van der Waals surface area contributed by atoms with E-state index < -0.39 is 32.1 Å². The van der Waals surface area contributed by atoms with Crippen molar-refractivity contribution in [1.82, 2.24) is 4.90 Å². The van der Waals surface area contributed by atoms with Gasteiger partial charge in [0, 0.05) is 11.1 Å². The average Bonchev–Trinajstić information content (AvgIpc) is 3.06. The number of aliphatic hydroxyl groups excluding tert-OH is 1. The molecule has 0 bridgehead atoms. The number of benzene rings is 1. The maximum absolute atomic E-state index is 12.3. The van der Waals surface area contributed by atoms with E-state index in [0.29, 0.717) is 17.9 Å². The second-order valence-electron chi connectivity index (χ2n) is 10.3. The van der Waals surface area contributed by atoms with Crippen molar-refractivity contribution in [3.8, 4) is 11.5 Å². The molecule has 0 saturated heterocycles. The Labute approximate surface area is 181 Å². The van der Waals surface area contributed by atoms with Crippen molar-refractivity contribution >= 4 is 14.4 Å². The molecule has 0 spiro atoms. The maximum Gasteiger partial charge on any atom is 0.408 e. The highest BCUT2D eigenvalue weighted by molar-refractivity contribution is 6.74. The molecule has 7 nitrogen and oxygen atoms in total. The molecular formula is C22H37NO6Si. The van der Waals surface area contributed by atoms with E-state index in [0.717, 1.165) is 5.56 Å². The molecule has 0 unspecified atom stereocenters. The third-order valence-corrected chi connectivity index (χ3v) is 10.5. The zero-order valence-corrected chi connectivity index (χ0v) is 20.5. The zero-order chi connectivity index (χ0) is 22.9. The molecule has 170 valence electrons. The molecule has 8 heteroatoms. The Kier molecular flexibility index (Phi) is 7.16. The fourth-order valence-electron chi connectivity index (χ4n) is 3.48. The van der Waals surface area contributed by atoms with Gasteiger partial charge in [-0.3, -0.25) is 4.90 Å². The first kappa shape index (κ1) is 24.5. The average molecular weight is 440 g/mol. The molecule has 30 heavy (non-hydrogen) atoms. The fraction of sp³-hybridized carbons (Fsp3) is 0.682. The van der Waals surface area contributed by atoms with Gasteiger partial charge in [-0.15, -0.1) is 0 Å². The van der Waals surface area contributed by atoms with E-state index in [1.54, 1.807) is 0 Å². The van der Waals surface area contributed by atoms with Crippen LogP contribution in [-0.2, 0) is 10.8 Å². The minimum Gasteiger partial charge on any atom is -0.465 e. The molecule has 1 aromatic carbocycles. The molecule has 1 amide bonds. The second kappa shape index (κ2) is 8.76. The van der Waals surface area contributed by atoms with Crippen LogP contribution in [0.2, 0.25) is 18.1 Å². The van der Waals surface area contributed by atoms with E-state index in [1.807, 2.05) is 39.0 Å². The van der Waals surface area contributed by atoms with Crippen LogP contribution in [0.3, 0.4) is 0 Å². The van der Waals surface area contributed by atoms with Crippen molar-refractivity contribution in [2.45, 2.75) is 83.8 Å². The van der Waals surface area contributed by atoms with Gasteiger partial charge in [0.1, 0.15) is 0 Å². The molecule has 1 aliphatic rings. The number of nitrogens with zero attached hydrogens (tertiary/aromatic N) is 1. The van der Waals surface area contributed by atoms with Crippen LogP contribution in [0.1, 0.15) is 47.1 Å². The molecule has 1 heterocycles. The predicted molar refractivity (Wildman–Crippen MR) is 119 cm³/mol. The van der Waals surface area contributed by atoms with Crippen LogP contribution in [0.25, 0.3) is 0 Å². The fourth-order valence-corrected chi connectivity index (χ4v) is 4.83. The summed E-state index contributed by atoms with van der Waals surface area (Å²) in [4.78, 5) is 13.7. The van der Waals surface area contributed by atoms with Crippen LogP contribution >= 0.6 is 0 Å². The quantitative estimate of drug-likeness (QED) is 0.609. The van der Waals surface area contributed by atoms with Gasteiger partial charge < -0.3 is 24.1 Å². The van der Waals surface area contributed by atoms with Crippen LogP contribution in [0.15, 0.2) is 18.2 Å². The van der Waals surface area contributed by atoms with Crippen LogP contribution in [0, 0.1) is 0 Å². The number of para-hydroxylation sites is 1. The lowest BCUT2D eigenvalue weighted by Gasteiger charge is -2.46. The normalized spacial score (nSPS) is 16.3. The Morgan fingerprint density at radius 3 is 2.33 bits per heavy atom. The summed E-state index contributed by atoms with van der Waals surface area (Å²) in [5.41, 5.74) is 0.151. The minimum absolute atomic E-state index is 0.0777. The first-order valence-electron chi connectivity index (χ1n) is 10.4. The molecule has 0 radical (unpaired) electrons. The van der Waals surface area contributed by atoms with Crippen molar-refractivity contribution in [1.29, 1.82) is 0 Å². The van der Waals surface area contributed by atoms with E-state index in [1.165, 1.54) is 4.90 Å². The number of fused-ring (bicyclic) bond motifs is 1. The smallest absolute Gasteiger partial charge is 0.408 e. The van der Waals surface area contributed by atoms with Gasteiger partial charge in [-0.2, -0.15) is 0 Å². The standard InChI is InChI=1S/C22H37NO6Si/c1-21(2,3)23(20(25)26)16(18(13-24)29-30(7,8)22(4,5)6)12-15-10-9-11-17-19(15)28-14-27-17/h9-11,16,18,24H,12-14H2,1-8H3,(H,25,26)/t16-,18+/m0/s1. The summed E-state index contributed by atoms with van der Waals surface area (Å²) in [6, 6.07) is 5.00. The first-order valence-corrected chi connectivity index (χ1v) is 13.3. The molecule has 0 fully saturated rings. The minimum atomic E-state index is -2.26. The van der Waals surface area contributed by atoms with Gasteiger partial charge in [0.2, 0.25) is 6.79 Å². The van der Waals surface area contributed by atoms with E-state index in [2.05, 4.69) is 33.9 Å². The van der Waals surface area contributed by atoms with Crippen LogP contribution in [-0.4, -0.2) is 60.6 Å². The van der Waals surface area contributed by atoms with Gasteiger partial charge in [-0.1, -0.05) is 32.9 Å². The number of rotatable bonds is 7. The second-order valence-corrected chi connectivity index (χ2v) is 15.1. The molecule has 2 atom stereocenters. The van der Waals surface area contributed by atoms with Gasteiger partial charge >= 0.3 is 6.09 Å². The topological polar surface area (TPSA) is 88.5 Å². The summed E-state index contributed by atoms with van der Waals surface area (Å²) in [6.45, 7) is 16.0. The lowest BCUT2D eigenvalue weighted by atomic mass is 9.94. The number of aliphatic hydroxyl groups is 1. The summed E-state index contributed by atoms with van der Waals surface area (Å²) < 4.78 is 17.7. The van der Waals surface area contributed by atoms with Gasteiger partial charge in [-0.25, -0.2) is 4.79 Å². The lowest BCUT2D eigenvalue weighted by Crippen LogP contribution is -2.60. The Morgan fingerprint density at radius 1 is 1.20 bits per heavy atom. The molecule has 0 aliphatic carbocycles. The van der Waals surface area contributed by atoms with Crippen molar-refractivity contribution < 1.29 is 28.9 Å². The van der Waals surface area contributed by atoms with Gasteiger partial charge in [0.25, 0.3) is 0 Å². The van der Waals surface area contributed by atoms with Crippen LogP contribution in [0.4, 0.5) is 4.79 Å². The molecular weight excluding hydrogens is 402 g/mol. The molecule has 0 saturated carbocycles. The van der Waals surface area contributed by atoms with Gasteiger partial charge in [0.05, 0.1) is 18.8 Å². The van der Waals surface area contributed by atoms with Crippen molar-refractivity contribution in [2.75, 3.05) is 13.4 Å². The number of carbonyl (C=O) groups is 1. The summed E-state index contributed by atoms with van der Waals surface area (Å²) in [6.07, 6.45) is -1.37. The molecule has 1 aromatic rings. The van der Waals surface area contributed by atoms with Crippen LogP contribution < -0.4 is 9.47 Å². The van der Waals surface area contributed by atoms with E-state index in [9.17, 15) is 15.0 Å². The molecule has 1 aliphatic heterocycles. The highest BCUT2D eigenvalue weighted by atomic mass is 28.4. The summed E-state index contributed by atoms with van der Waals surface area (Å²) >= 11 is 0. The number of ether oxygens (including phenoxy) is 2. The van der Waals surface area contributed by atoms with Crippen molar-refractivity contribution in [3.63, 3.8) is 0 Å². The Hall–Kier alpha value is -1.77. The Morgan fingerprint density at radius 2 is 1.83 bits per heavy atom. The summed E-state index contributed by atoms with van der Waals surface area (Å²) in [5.74, 6) is 1.28.